The van der Waals surface area contributed by atoms with Crippen LogP contribution >= 0.6 is 27.7 Å². The average Bonchev–Trinajstić information content (AvgIpc) is 2.47. The maximum Gasteiger partial charge on any atom is 0.0410 e. The summed E-state index contributed by atoms with van der Waals surface area (Å²) in [5.74, 6) is 1.06. The Balaban J connectivity index is 1.93. The van der Waals surface area contributed by atoms with Gasteiger partial charge in [0.1, 0.15) is 0 Å². The van der Waals surface area contributed by atoms with E-state index in [0.29, 0.717) is 6.04 Å². The molecule has 0 radical (unpaired) electrons. The van der Waals surface area contributed by atoms with Crippen molar-refractivity contribution in [2.45, 2.75) is 31.2 Å². The lowest BCUT2D eigenvalue weighted by molar-refractivity contribution is 0.572. The van der Waals surface area contributed by atoms with E-state index in [4.69, 9.17) is 0 Å². The number of thioether (sulfide) groups is 1. The number of likely N-dealkylation sites (N-methyl/N-ethyl adjacent to an activating group) is 1. The molecule has 0 spiro atoms. The van der Waals surface area contributed by atoms with E-state index in [1.807, 2.05) is 24.2 Å². The van der Waals surface area contributed by atoms with Crippen molar-refractivity contribution in [1.82, 2.24) is 10.3 Å². The van der Waals surface area contributed by atoms with Crippen LogP contribution in [-0.4, -0.2) is 23.3 Å². The molecular weight excluding hydrogens is 344 g/mol. The molecule has 1 aromatic heterocycles. The van der Waals surface area contributed by atoms with Crippen LogP contribution in [0.1, 0.15) is 18.1 Å². The molecule has 2 aromatic rings. The van der Waals surface area contributed by atoms with Gasteiger partial charge in [-0.1, -0.05) is 24.6 Å². The molecular formula is C17H21BrN2S. The molecule has 21 heavy (non-hydrogen) atoms. The highest BCUT2D eigenvalue weighted by Gasteiger charge is 2.10. The van der Waals surface area contributed by atoms with E-state index in [2.05, 4.69) is 70.4 Å². The molecule has 0 aliphatic carbocycles. The molecule has 0 aliphatic rings. The van der Waals surface area contributed by atoms with Crippen LogP contribution in [0.2, 0.25) is 0 Å². The van der Waals surface area contributed by atoms with E-state index >= 15 is 0 Å². The van der Waals surface area contributed by atoms with E-state index in [0.717, 1.165) is 23.2 Å². The predicted octanol–water partition coefficient (Wildman–Crippen LogP) is 4.47. The van der Waals surface area contributed by atoms with Gasteiger partial charge in [0.2, 0.25) is 0 Å². The van der Waals surface area contributed by atoms with Gasteiger partial charge in [0.05, 0.1) is 0 Å². The maximum absolute atomic E-state index is 4.24. The van der Waals surface area contributed by atoms with Crippen molar-refractivity contribution in [2.24, 2.45) is 0 Å². The largest absolute Gasteiger partial charge is 0.313 e. The van der Waals surface area contributed by atoms with E-state index in [-0.39, 0.29) is 0 Å². The van der Waals surface area contributed by atoms with Crippen LogP contribution in [0.3, 0.4) is 0 Å². The Morgan fingerprint density at radius 3 is 2.67 bits per heavy atom. The summed E-state index contributed by atoms with van der Waals surface area (Å²) >= 11 is 5.39. The first-order valence-electron chi connectivity index (χ1n) is 7.19. The summed E-state index contributed by atoms with van der Waals surface area (Å²) in [7, 11) is 0. The lowest BCUT2D eigenvalue weighted by Gasteiger charge is -2.17. The van der Waals surface area contributed by atoms with E-state index < -0.39 is 0 Å². The van der Waals surface area contributed by atoms with Crippen molar-refractivity contribution in [3.05, 3.63) is 58.3 Å². The number of benzene rings is 1. The summed E-state index contributed by atoms with van der Waals surface area (Å²) in [6, 6.07) is 11.3. The number of aromatic nitrogens is 1. The van der Waals surface area contributed by atoms with Gasteiger partial charge in [0.25, 0.3) is 0 Å². The van der Waals surface area contributed by atoms with Crippen molar-refractivity contribution in [1.29, 1.82) is 0 Å². The van der Waals surface area contributed by atoms with Crippen LogP contribution in [-0.2, 0) is 6.42 Å². The van der Waals surface area contributed by atoms with Gasteiger partial charge in [-0.05, 0) is 59.6 Å². The molecule has 4 heteroatoms. The SMILES string of the molecule is CCNC(CSc1ccc(C)cc1)Cc1cncc(Br)c1. The highest BCUT2D eigenvalue weighted by atomic mass is 79.9. The van der Waals surface area contributed by atoms with E-state index in [1.165, 1.54) is 16.0 Å². The standard InChI is InChI=1S/C17H21BrN2S/c1-3-20-16(9-14-8-15(18)11-19-10-14)12-21-17-6-4-13(2)5-7-17/h4-8,10-11,16,20H,3,9,12H2,1-2H3. The minimum atomic E-state index is 0.456. The molecule has 0 fully saturated rings. The molecule has 0 aliphatic heterocycles. The molecule has 1 atom stereocenters. The minimum Gasteiger partial charge on any atom is -0.313 e. The van der Waals surface area contributed by atoms with Gasteiger partial charge in [-0.15, -0.1) is 11.8 Å². The molecule has 0 saturated heterocycles. The Bertz CT molecular complexity index is 557. The predicted molar refractivity (Wildman–Crippen MR) is 95.0 cm³/mol. The van der Waals surface area contributed by atoms with Gasteiger partial charge >= 0.3 is 0 Å². The molecule has 2 nitrogen and oxygen atoms in total. The molecule has 1 heterocycles. The smallest absolute Gasteiger partial charge is 0.0410 e. The second-order valence-electron chi connectivity index (χ2n) is 5.09. The number of halogens is 1. The Labute approximate surface area is 139 Å². The van der Waals surface area contributed by atoms with Gasteiger partial charge in [-0.3, -0.25) is 4.98 Å². The third-order valence-electron chi connectivity index (χ3n) is 3.21. The summed E-state index contributed by atoms with van der Waals surface area (Å²) in [6.45, 7) is 5.26. The zero-order valence-corrected chi connectivity index (χ0v) is 14.9. The molecule has 0 saturated carbocycles. The van der Waals surface area contributed by atoms with Crippen LogP contribution in [0.25, 0.3) is 0 Å². The summed E-state index contributed by atoms with van der Waals surface area (Å²) in [6.07, 6.45) is 4.78. The fourth-order valence-electron chi connectivity index (χ4n) is 2.16. The maximum atomic E-state index is 4.24. The normalized spacial score (nSPS) is 12.3. The molecule has 1 aromatic carbocycles. The highest BCUT2D eigenvalue weighted by Crippen LogP contribution is 2.20. The molecule has 0 bridgehead atoms. The zero-order valence-electron chi connectivity index (χ0n) is 12.5. The fourth-order valence-corrected chi connectivity index (χ4v) is 3.53. The Morgan fingerprint density at radius 2 is 2.00 bits per heavy atom. The van der Waals surface area contributed by atoms with Crippen LogP contribution in [0, 0.1) is 6.92 Å². The number of rotatable bonds is 7. The van der Waals surface area contributed by atoms with Gasteiger partial charge in [0.15, 0.2) is 0 Å². The summed E-state index contributed by atoms with van der Waals surface area (Å²) < 4.78 is 1.04. The van der Waals surface area contributed by atoms with Gasteiger partial charge < -0.3 is 5.32 Å². The first-order chi connectivity index (χ1) is 10.2. The Morgan fingerprint density at radius 1 is 1.24 bits per heavy atom. The minimum absolute atomic E-state index is 0.456. The summed E-state index contributed by atoms with van der Waals surface area (Å²) in [4.78, 5) is 5.57. The third kappa shape index (κ3) is 5.81. The monoisotopic (exact) mass is 364 g/mol. The Kier molecular flexibility index (Phi) is 6.74. The number of nitrogens with one attached hydrogen (secondary N) is 1. The number of hydrogen-bond donors (Lipinski definition) is 1. The van der Waals surface area contributed by atoms with Crippen LogP contribution in [0.5, 0.6) is 0 Å². The molecule has 2 rings (SSSR count). The number of aryl methyl sites for hydroxylation is 1. The van der Waals surface area contributed by atoms with E-state index in [1.54, 1.807) is 0 Å². The zero-order chi connectivity index (χ0) is 15.1. The first-order valence-corrected chi connectivity index (χ1v) is 8.97. The highest BCUT2D eigenvalue weighted by molar-refractivity contribution is 9.10. The van der Waals surface area contributed by atoms with E-state index in [9.17, 15) is 0 Å². The quantitative estimate of drug-likeness (QED) is 0.733. The topological polar surface area (TPSA) is 24.9 Å². The Hall–Kier alpha value is -0.840. The van der Waals surface area contributed by atoms with Gasteiger partial charge in [0, 0.05) is 33.6 Å². The molecule has 1 N–H and O–H groups in total. The molecule has 0 amide bonds. The van der Waals surface area contributed by atoms with Crippen LogP contribution in [0.15, 0.2) is 52.1 Å². The van der Waals surface area contributed by atoms with Crippen molar-refractivity contribution < 1.29 is 0 Å². The van der Waals surface area contributed by atoms with Crippen molar-refractivity contribution in [3.8, 4) is 0 Å². The van der Waals surface area contributed by atoms with Crippen molar-refractivity contribution in [2.75, 3.05) is 12.3 Å². The van der Waals surface area contributed by atoms with Crippen LogP contribution < -0.4 is 5.32 Å². The third-order valence-corrected chi connectivity index (χ3v) is 4.82. The first kappa shape index (κ1) is 16.5. The molecule has 1 unspecified atom stereocenters. The summed E-state index contributed by atoms with van der Waals surface area (Å²) in [5, 5.41) is 3.57. The van der Waals surface area contributed by atoms with Gasteiger partial charge in [-0.2, -0.15) is 0 Å². The molecule has 112 valence electrons. The average molecular weight is 365 g/mol. The lowest BCUT2D eigenvalue weighted by Crippen LogP contribution is -2.33. The second kappa shape index (κ2) is 8.57. The number of nitrogens with zero attached hydrogens (tertiary/aromatic N) is 1. The second-order valence-corrected chi connectivity index (χ2v) is 7.10. The summed E-state index contributed by atoms with van der Waals surface area (Å²) in [5.41, 5.74) is 2.57. The number of hydrogen-bond acceptors (Lipinski definition) is 3. The van der Waals surface area contributed by atoms with Crippen LogP contribution in [0.4, 0.5) is 0 Å². The number of pyridine rings is 1. The van der Waals surface area contributed by atoms with Crippen molar-refractivity contribution in [3.63, 3.8) is 0 Å². The van der Waals surface area contributed by atoms with Gasteiger partial charge in [-0.25, -0.2) is 0 Å². The lowest BCUT2D eigenvalue weighted by atomic mass is 10.1. The fraction of sp³-hybridized carbons (Fsp3) is 0.353. The van der Waals surface area contributed by atoms with Crippen molar-refractivity contribution >= 4 is 27.7 Å².